The number of sulfonamides is 1. The van der Waals surface area contributed by atoms with E-state index in [9.17, 15) is 18.0 Å². The molecule has 0 radical (unpaired) electrons. The molecule has 2 aliphatic carbocycles. The Balaban J connectivity index is 1.34. The van der Waals surface area contributed by atoms with Gasteiger partial charge in [0.25, 0.3) is 11.8 Å². The maximum Gasteiger partial charge on any atom is 0.253 e. The molecular weight excluding hydrogens is 602 g/mol. The molecule has 0 unspecified atom stereocenters. The summed E-state index contributed by atoms with van der Waals surface area (Å²) in [5.74, 6) is -0.274. The van der Waals surface area contributed by atoms with E-state index in [0.29, 0.717) is 50.8 Å². The number of benzene rings is 2. The Labute approximate surface area is 266 Å². The van der Waals surface area contributed by atoms with Crippen molar-refractivity contribution in [2.24, 2.45) is 5.92 Å². The van der Waals surface area contributed by atoms with Crippen LogP contribution in [0.15, 0.2) is 78.3 Å². The molecule has 1 saturated carbocycles. The van der Waals surface area contributed by atoms with Gasteiger partial charge >= 0.3 is 0 Å². The summed E-state index contributed by atoms with van der Waals surface area (Å²) in [4.78, 5) is 44.6. The van der Waals surface area contributed by atoms with E-state index in [1.807, 2.05) is 19.9 Å². The van der Waals surface area contributed by atoms with Crippen molar-refractivity contribution in [2.75, 3.05) is 6.54 Å². The Morgan fingerprint density at radius 3 is 2.35 bits per heavy atom. The highest BCUT2D eigenvalue weighted by atomic mass is 32.2. The zero-order valence-corrected chi connectivity index (χ0v) is 26.2. The number of carbonyl (C=O) groups is 2. The van der Waals surface area contributed by atoms with Crippen molar-refractivity contribution in [2.45, 2.75) is 56.0 Å². The molecule has 46 heavy (non-hydrogen) atoms. The molecule has 2 atom stereocenters. The molecule has 5 aromatic rings. The first-order chi connectivity index (χ1) is 22.2. The molecule has 0 saturated heterocycles. The van der Waals surface area contributed by atoms with Crippen molar-refractivity contribution >= 4 is 43.6 Å². The number of nitrogens with one attached hydrogen (secondary N) is 3. The molecule has 3 heterocycles. The van der Waals surface area contributed by atoms with Gasteiger partial charge in [-0.1, -0.05) is 13.8 Å². The molecule has 2 aliphatic rings. The summed E-state index contributed by atoms with van der Waals surface area (Å²) in [5.41, 5.74) is 4.25. The molecule has 2 amide bonds. The number of fused-ring (bicyclic) bond motifs is 4. The van der Waals surface area contributed by atoms with Crippen LogP contribution in [0, 0.1) is 5.92 Å². The predicted molar refractivity (Wildman–Crippen MR) is 173 cm³/mol. The highest BCUT2D eigenvalue weighted by Crippen LogP contribution is 2.47. The summed E-state index contributed by atoms with van der Waals surface area (Å²) in [6, 6.07) is 10.9. The molecule has 12 heteroatoms. The Morgan fingerprint density at radius 2 is 1.61 bits per heavy atom. The highest BCUT2D eigenvalue weighted by molar-refractivity contribution is 7.89. The SMILES string of the molecule is CC(C)CNS(=O)(=O)c1cc2c(c3cnc(C4CC4)cc13)[C@H](NC(=O)c1ccc3nccnc3c1)C[C@H]2NC(=O)c1cccnc1. The van der Waals surface area contributed by atoms with Gasteiger partial charge in [0.1, 0.15) is 0 Å². The minimum atomic E-state index is -3.93. The topological polar surface area (TPSA) is 156 Å². The van der Waals surface area contributed by atoms with Crippen LogP contribution < -0.4 is 15.4 Å². The molecule has 234 valence electrons. The number of aromatic nitrogens is 4. The minimum absolute atomic E-state index is 0.103. The van der Waals surface area contributed by atoms with Crippen LogP contribution in [0.3, 0.4) is 0 Å². The first kappa shape index (κ1) is 29.9. The maximum atomic E-state index is 13.8. The summed E-state index contributed by atoms with van der Waals surface area (Å²) in [6.45, 7) is 4.16. The van der Waals surface area contributed by atoms with Crippen molar-refractivity contribution in [1.82, 2.24) is 35.3 Å². The number of rotatable bonds is 9. The number of amides is 2. The van der Waals surface area contributed by atoms with E-state index in [1.165, 1.54) is 6.20 Å². The molecule has 0 aliphatic heterocycles. The van der Waals surface area contributed by atoms with Crippen LogP contribution in [0.5, 0.6) is 0 Å². The molecule has 0 spiro atoms. The number of hydrogen-bond donors (Lipinski definition) is 3. The molecule has 3 aromatic heterocycles. The fourth-order valence-electron chi connectivity index (χ4n) is 6.03. The van der Waals surface area contributed by atoms with Crippen molar-refractivity contribution in [3.8, 4) is 0 Å². The Kier molecular flexibility index (Phi) is 7.69. The smallest absolute Gasteiger partial charge is 0.253 e. The first-order valence-corrected chi connectivity index (χ1v) is 16.8. The second kappa shape index (κ2) is 11.8. The predicted octanol–water partition coefficient (Wildman–Crippen LogP) is 4.73. The third-order valence-corrected chi connectivity index (χ3v) is 9.97. The molecule has 7 rings (SSSR count). The van der Waals surface area contributed by atoms with Crippen LogP contribution in [0.4, 0.5) is 0 Å². The van der Waals surface area contributed by atoms with Crippen LogP contribution in [0.2, 0.25) is 0 Å². The molecule has 1 fully saturated rings. The van der Waals surface area contributed by atoms with Crippen LogP contribution in [-0.4, -0.2) is 46.7 Å². The van der Waals surface area contributed by atoms with E-state index >= 15 is 0 Å². The third-order valence-electron chi connectivity index (χ3n) is 8.51. The number of nitrogens with zero attached hydrogens (tertiary/aromatic N) is 4. The lowest BCUT2D eigenvalue weighted by Gasteiger charge is -2.19. The van der Waals surface area contributed by atoms with Gasteiger partial charge in [-0.15, -0.1) is 0 Å². The van der Waals surface area contributed by atoms with E-state index in [0.717, 1.165) is 24.1 Å². The lowest BCUT2D eigenvalue weighted by Crippen LogP contribution is -2.30. The van der Waals surface area contributed by atoms with Crippen molar-refractivity contribution in [1.29, 1.82) is 0 Å². The fraction of sp³-hybridized carbons (Fsp3) is 0.294. The summed E-state index contributed by atoms with van der Waals surface area (Å²) in [5, 5.41) is 7.40. The average Bonchev–Trinajstić information content (AvgIpc) is 3.86. The van der Waals surface area contributed by atoms with Crippen molar-refractivity contribution < 1.29 is 18.0 Å². The first-order valence-electron chi connectivity index (χ1n) is 15.4. The van der Waals surface area contributed by atoms with Gasteiger partial charge in [0.05, 0.1) is 33.6 Å². The zero-order valence-electron chi connectivity index (χ0n) is 25.4. The molecule has 2 aromatic carbocycles. The lowest BCUT2D eigenvalue weighted by atomic mass is 9.98. The number of hydrogen-bond acceptors (Lipinski definition) is 8. The number of pyridine rings is 2. The van der Waals surface area contributed by atoms with Gasteiger partial charge < -0.3 is 10.6 Å². The van der Waals surface area contributed by atoms with E-state index in [1.54, 1.807) is 61.2 Å². The van der Waals surface area contributed by atoms with Crippen molar-refractivity contribution in [3.63, 3.8) is 0 Å². The Morgan fingerprint density at radius 1 is 0.848 bits per heavy atom. The van der Waals surface area contributed by atoms with Gasteiger partial charge in [0.2, 0.25) is 10.0 Å². The van der Waals surface area contributed by atoms with Crippen LogP contribution in [0.1, 0.15) is 88.6 Å². The molecule has 11 nitrogen and oxygen atoms in total. The van der Waals surface area contributed by atoms with Gasteiger partial charge in [-0.3, -0.25) is 29.5 Å². The van der Waals surface area contributed by atoms with Gasteiger partial charge in [0.15, 0.2) is 0 Å². The largest absolute Gasteiger partial charge is 0.345 e. The van der Waals surface area contributed by atoms with Gasteiger partial charge in [-0.05, 0) is 78.8 Å². The maximum absolute atomic E-state index is 13.8. The van der Waals surface area contributed by atoms with Crippen molar-refractivity contribution in [3.05, 3.63) is 101 Å². The second-order valence-electron chi connectivity index (χ2n) is 12.3. The quantitative estimate of drug-likeness (QED) is 0.210. The minimum Gasteiger partial charge on any atom is -0.345 e. The van der Waals surface area contributed by atoms with Gasteiger partial charge in [-0.25, -0.2) is 13.1 Å². The standard InChI is InChI=1S/C34H33N7O4S/c1-19(2)16-39-46(44,45)31-14-24-28(40-34(43)22-4-3-9-35-17-22)15-30(32(24)25-18-38-27(13-23(25)31)20-5-6-20)41-33(42)21-7-8-26-29(12-21)37-11-10-36-26/h3-4,7-14,17-20,28,30,39H,5-6,15-16H2,1-2H3,(H,40,43)(H,41,42)/t28-,30-/m1/s1. The lowest BCUT2D eigenvalue weighted by molar-refractivity contribution is 0.0928. The molecule has 3 N–H and O–H groups in total. The Hall–Kier alpha value is -4.81. The summed E-state index contributed by atoms with van der Waals surface area (Å²) >= 11 is 0. The fourth-order valence-corrected chi connectivity index (χ4v) is 7.48. The summed E-state index contributed by atoms with van der Waals surface area (Å²) < 4.78 is 30.4. The summed E-state index contributed by atoms with van der Waals surface area (Å²) in [6.07, 6.45) is 10.3. The van der Waals surface area contributed by atoms with Crippen LogP contribution >= 0.6 is 0 Å². The monoisotopic (exact) mass is 635 g/mol. The number of carbonyl (C=O) groups excluding carboxylic acids is 2. The van der Waals surface area contributed by atoms with E-state index in [2.05, 4.69) is 30.3 Å². The summed E-state index contributed by atoms with van der Waals surface area (Å²) in [7, 11) is -3.93. The molecular formula is C34H33N7O4S. The average molecular weight is 636 g/mol. The van der Waals surface area contributed by atoms with Gasteiger partial charge in [0, 0.05) is 65.5 Å². The zero-order chi connectivity index (χ0) is 32.0. The Bertz CT molecular complexity index is 2100. The van der Waals surface area contributed by atoms with Crippen LogP contribution in [-0.2, 0) is 10.0 Å². The normalized spacial score (nSPS) is 17.7. The highest BCUT2D eigenvalue weighted by Gasteiger charge is 2.38. The molecule has 0 bridgehead atoms. The van der Waals surface area contributed by atoms with E-state index in [-0.39, 0.29) is 29.2 Å². The third kappa shape index (κ3) is 5.81. The van der Waals surface area contributed by atoms with E-state index < -0.39 is 22.1 Å². The van der Waals surface area contributed by atoms with E-state index in [4.69, 9.17) is 4.98 Å². The van der Waals surface area contributed by atoms with Gasteiger partial charge in [-0.2, -0.15) is 0 Å². The second-order valence-corrected chi connectivity index (χ2v) is 14.1. The van der Waals surface area contributed by atoms with Crippen LogP contribution in [0.25, 0.3) is 21.8 Å².